The summed E-state index contributed by atoms with van der Waals surface area (Å²) in [5.41, 5.74) is -6.79. The van der Waals surface area contributed by atoms with Crippen LogP contribution in [0.25, 0.3) is 0 Å². The van der Waals surface area contributed by atoms with Crippen molar-refractivity contribution in [3.63, 3.8) is 0 Å². The SMILES string of the molecule is CCC(O)C#Cc1cc(C(O)(C(F)(F)F)C(F)(F)F)ccc1N1CCN(S(=O)(=O)C2=CC=CCC2=S)CC1. The molecular formula is C24H24F6N2O4S2. The van der Waals surface area contributed by atoms with Crippen molar-refractivity contribution in [3.05, 3.63) is 52.5 Å². The van der Waals surface area contributed by atoms with Crippen LogP contribution in [0.2, 0.25) is 0 Å². The maximum absolute atomic E-state index is 13.4. The Hall–Kier alpha value is -2.44. The zero-order valence-electron chi connectivity index (χ0n) is 20.0. The summed E-state index contributed by atoms with van der Waals surface area (Å²) in [5.74, 6) is 4.79. The minimum Gasteiger partial charge on any atom is -0.380 e. The predicted molar refractivity (Wildman–Crippen MR) is 133 cm³/mol. The number of sulfonamides is 1. The summed E-state index contributed by atoms with van der Waals surface area (Å²) in [5, 5.41) is 19.6. The minimum atomic E-state index is -6.08. The molecule has 1 fully saturated rings. The number of rotatable bonds is 5. The number of alkyl halides is 6. The Kier molecular flexibility index (Phi) is 8.69. The van der Waals surface area contributed by atoms with Crippen molar-refractivity contribution < 1.29 is 45.0 Å². The maximum Gasteiger partial charge on any atom is 0.430 e. The van der Waals surface area contributed by atoms with Gasteiger partial charge in [0.1, 0.15) is 6.10 Å². The Labute approximate surface area is 221 Å². The van der Waals surface area contributed by atoms with E-state index in [2.05, 4.69) is 11.8 Å². The molecule has 0 radical (unpaired) electrons. The molecule has 0 saturated carbocycles. The van der Waals surface area contributed by atoms with E-state index in [1.165, 1.54) is 10.4 Å². The van der Waals surface area contributed by atoms with E-state index in [-0.39, 0.29) is 53.6 Å². The molecule has 14 heteroatoms. The molecule has 1 aliphatic heterocycles. The molecule has 2 aliphatic rings. The molecule has 3 rings (SSSR count). The number of benzene rings is 1. The molecule has 1 aliphatic carbocycles. The zero-order valence-corrected chi connectivity index (χ0v) is 21.6. The first-order valence-corrected chi connectivity index (χ1v) is 13.2. The molecule has 1 aromatic rings. The largest absolute Gasteiger partial charge is 0.430 e. The van der Waals surface area contributed by atoms with Crippen molar-refractivity contribution in [2.45, 2.75) is 43.8 Å². The van der Waals surface area contributed by atoms with Crippen LogP contribution in [0, 0.1) is 11.8 Å². The van der Waals surface area contributed by atoms with Crippen molar-refractivity contribution in [1.82, 2.24) is 4.31 Å². The number of aliphatic hydroxyl groups excluding tert-OH is 1. The summed E-state index contributed by atoms with van der Waals surface area (Å²) in [6, 6.07) is 1.97. The number of thiocarbonyl (C=S) groups is 1. The van der Waals surface area contributed by atoms with Gasteiger partial charge in [-0.2, -0.15) is 30.6 Å². The highest BCUT2D eigenvalue weighted by Gasteiger charge is 2.71. The lowest BCUT2D eigenvalue weighted by atomic mass is 9.90. The lowest BCUT2D eigenvalue weighted by Gasteiger charge is -2.37. The molecule has 2 N–H and O–H groups in total. The van der Waals surface area contributed by atoms with Gasteiger partial charge in [0.25, 0.3) is 5.60 Å². The van der Waals surface area contributed by atoms with Crippen LogP contribution in [-0.4, -0.2) is 72.4 Å². The van der Waals surface area contributed by atoms with Crippen LogP contribution in [0.1, 0.15) is 30.9 Å². The lowest BCUT2D eigenvalue weighted by Crippen LogP contribution is -2.54. The van der Waals surface area contributed by atoms with E-state index < -0.39 is 39.6 Å². The van der Waals surface area contributed by atoms with E-state index in [4.69, 9.17) is 12.2 Å². The van der Waals surface area contributed by atoms with Crippen LogP contribution in [0.5, 0.6) is 0 Å². The van der Waals surface area contributed by atoms with Crippen LogP contribution in [0.4, 0.5) is 32.0 Å². The zero-order chi connectivity index (χ0) is 28.5. The van der Waals surface area contributed by atoms with Gasteiger partial charge in [0.2, 0.25) is 10.0 Å². The topological polar surface area (TPSA) is 81.1 Å². The fourth-order valence-corrected chi connectivity index (χ4v) is 5.97. The third kappa shape index (κ3) is 5.76. The van der Waals surface area contributed by atoms with Gasteiger partial charge in [-0.05, 0) is 24.6 Å². The normalized spacial score (nSPS) is 18.6. The third-order valence-electron chi connectivity index (χ3n) is 6.15. The quantitative estimate of drug-likeness (QED) is 0.313. The first-order chi connectivity index (χ1) is 17.5. The smallest absolute Gasteiger partial charge is 0.380 e. The molecule has 0 spiro atoms. The Bertz CT molecular complexity index is 1290. The van der Waals surface area contributed by atoms with E-state index in [9.17, 15) is 45.0 Å². The molecule has 0 bridgehead atoms. The molecule has 6 nitrogen and oxygen atoms in total. The van der Waals surface area contributed by atoms with Crippen molar-refractivity contribution in [2.24, 2.45) is 0 Å². The second-order valence-electron chi connectivity index (χ2n) is 8.61. The Morgan fingerprint density at radius 3 is 2.21 bits per heavy atom. The molecule has 1 atom stereocenters. The maximum atomic E-state index is 13.4. The summed E-state index contributed by atoms with van der Waals surface area (Å²) in [6.07, 6.45) is -8.19. The van der Waals surface area contributed by atoms with E-state index in [0.29, 0.717) is 18.6 Å². The minimum absolute atomic E-state index is 0.00602. The number of nitrogens with zero attached hydrogens (tertiary/aromatic N) is 2. The number of hydrogen-bond donors (Lipinski definition) is 2. The Balaban J connectivity index is 1.97. The molecule has 1 saturated heterocycles. The van der Waals surface area contributed by atoms with Crippen molar-refractivity contribution in [3.8, 4) is 11.8 Å². The predicted octanol–water partition coefficient (Wildman–Crippen LogP) is 3.79. The standard InChI is InChI=1S/C24H24F6N2O4S2/c1-2-18(33)9-7-16-15-17(22(34,23(25,26)27)24(28,29)30)8-10-19(16)31-11-13-32(14-12-31)38(35,36)21-6-4-3-5-20(21)37/h3-4,6,8,10,15,18,33-34H,2,5,11-14H2,1H3. The van der Waals surface area contributed by atoms with Gasteiger partial charge in [0.15, 0.2) is 0 Å². The summed E-state index contributed by atoms with van der Waals surface area (Å²) in [4.78, 5) is 1.83. The third-order valence-corrected chi connectivity index (χ3v) is 8.65. The van der Waals surface area contributed by atoms with Gasteiger partial charge in [-0.25, -0.2) is 8.42 Å². The van der Waals surface area contributed by atoms with E-state index in [1.54, 1.807) is 24.0 Å². The number of anilines is 1. The molecule has 38 heavy (non-hydrogen) atoms. The van der Waals surface area contributed by atoms with Crippen molar-refractivity contribution >= 4 is 32.8 Å². The average Bonchev–Trinajstić information content (AvgIpc) is 2.85. The Morgan fingerprint density at radius 1 is 1.08 bits per heavy atom. The molecule has 1 unspecified atom stereocenters. The highest BCUT2D eigenvalue weighted by atomic mass is 32.2. The van der Waals surface area contributed by atoms with Crippen LogP contribution >= 0.6 is 12.2 Å². The van der Waals surface area contributed by atoms with Gasteiger partial charge >= 0.3 is 12.4 Å². The van der Waals surface area contributed by atoms with E-state index in [1.807, 2.05) is 0 Å². The fraction of sp³-hybridized carbons (Fsp3) is 0.458. The summed E-state index contributed by atoms with van der Waals surface area (Å²) >= 11 is 5.16. The highest BCUT2D eigenvalue weighted by molar-refractivity contribution is 7.96. The van der Waals surface area contributed by atoms with E-state index in [0.717, 1.165) is 6.07 Å². The number of halogens is 6. The Morgan fingerprint density at radius 2 is 1.68 bits per heavy atom. The molecular weight excluding hydrogens is 558 g/mol. The number of allylic oxidation sites excluding steroid dienone is 4. The van der Waals surface area contributed by atoms with Crippen LogP contribution < -0.4 is 4.90 Å². The van der Waals surface area contributed by atoms with Crippen LogP contribution in [0.3, 0.4) is 0 Å². The lowest BCUT2D eigenvalue weighted by molar-refractivity contribution is -0.376. The molecule has 1 heterocycles. The van der Waals surface area contributed by atoms with Gasteiger partial charge in [0.05, 0.1) is 10.6 Å². The molecule has 0 amide bonds. The van der Waals surface area contributed by atoms with Crippen molar-refractivity contribution in [2.75, 3.05) is 31.1 Å². The van der Waals surface area contributed by atoms with E-state index >= 15 is 0 Å². The first-order valence-electron chi connectivity index (χ1n) is 11.4. The van der Waals surface area contributed by atoms with Gasteiger partial charge in [-0.1, -0.05) is 49.2 Å². The number of aliphatic hydroxyl groups is 2. The summed E-state index contributed by atoms with van der Waals surface area (Å²) in [6.45, 7) is 1.59. The molecule has 1 aromatic carbocycles. The van der Waals surface area contributed by atoms with Gasteiger partial charge in [-0.15, -0.1) is 0 Å². The fourth-order valence-electron chi connectivity index (χ4n) is 3.95. The van der Waals surface area contributed by atoms with Gasteiger partial charge in [-0.3, -0.25) is 0 Å². The average molecular weight is 583 g/mol. The van der Waals surface area contributed by atoms with Crippen molar-refractivity contribution in [1.29, 1.82) is 0 Å². The summed E-state index contributed by atoms with van der Waals surface area (Å²) < 4.78 is 108. The van der Waals surface area contributed by atoms with Crippen LogP contribution in [-0.2, 0) is 15.6 Å². The highest BCUT2D eigenvalue weighted by Crippen LogP contribution is 2.50. The monoisotopic (exact) mass is 582 g/mol. The van der Waals surface area contributed by atoms with Crippen LogP contribution in [0.15, 0.2) is 41.3 Å². The second kappa shape index (κ2) is 11.0. The van der Waals surface area contributed by atoms with Gasteiger partial charge < -0.3 is 15.1 Å². The molecule has 208 valence electrons. The summed E-state index contributed by atoms with van der Waals surface area (Å²) in [7, 11) is -3.90. The number of piperazine rings is 1. The number of hydrogen-bond acceptors (Lipinski definition) is 6. The second-order valence-corrected chi connectivity index (χ2v) is 11.0. The molecule has 0 aromatic heterocycles. The first kappa shape index (κ1) is 30.1. The van der Waals surface area contributed by atoms with Gasteiger partial charge in [0, 0.05) is 48.6 Å².